The number of aliphatic carboxylic acids is 1. The molecule has 9 nitrogen and oxygen atoms in total. The van der Waals surface area contributed by atoms with Crippen LogP contribution in [0.2, 0.25) is 0 Å². The highest BCUT2D eigenvalue weighted by atomic mass is 16.6. The van der Waals surface area contributed by atoms with Crippen molar-refractivity contribution in [2.24, 2.45) is 0 Å². The largest absolute Gasteiger partial charge is 0.480 e. The van der Waals surface area contributed by atoms with Gasteiger partial charge < -0.3 is 25.2 Å². The summed E-state index contributed by atoms with van der Waals surface area (Å²) in [5, 5.41) is 14.1. The average molecular weight is 337 g/mol. The monoisotopic (exact) mass is 337 g/mol. The molecule has 2 heterocycles. The fourth-order valence-electron chi connectivity index (χ4n) is 2.04. The highest BCUT2D eigenvalue weighted by Crippen LogP contribution is 2.29. The minimum atomic E-state index is -1.34. The number of amides is 2. The number of hydrogen-bond acceptors (Lipinski definition) is 6. The third-order valence-electron chi connectivity index (χ3n) is 3.04. The van der Waals surface area contributed by atoms with Crippen LogP contribution in [0.25, 0.3) is 0 Å². The number of carboxylic acid groups (broad SMARTS) is 1. The number of anilines is 1. The van der Waals surface area contributed by atoms with Crippen molar-refractivity contribution < 1.29 is 29.0 Å². The summed E-state index contributed by atoms with van der Waals surface area (Å²) in [7, 11) is 0. The summed E-state index contributed by atoms with van der Waals surface area (Å²) in [5.41, 5.74) is -0.311. The zero-order valence-corrected chi connectivity index (χ0v) is 13.5. The predicted molar refractivity (Wildman–Crippen MR) is 82.7 cm³/mol. The van der Waals surface area contributed by atoms with Gasteiger partial charge in [-0.15, -0.1) is 0 Å². The molecule has 1 unspecified atom stereocenters. The summed E-state index contributed by atoms with van der Waals surface area (Å²) >= 11 is 0. The van der Waals surface area contributed by atoms with E-state index in [0.717, 1.165) is 0 Å². The van der Waals surface area contributed by atoms with Crippen molar-refractivity contribution in [3.05, 3.63) is 18.5 Å². The predicted octanol–water partition coefficient (Wildman–Crippen LogP) is 1.15. The number of pyridine rings is 1. The van der Waals surface area contributed by atoms with Crippen molar-refractivity contribution in [2.75, 3.05) is 5.32 Å². The number of aromatic nitrogens is 1. The van der Waals surface area contributed by atoms with E-state index in [1.807, 2.05) is 0 Å². The van der Waals surface area contributed by atoms with Gasteiger partial charge in [0.25, 0.3) is 5.91 Å². The summed E-state index contributed by atoms with van der Waals surface area (Å²) in [5.74, 6) is -1.45. The molecule has 0 aliphatic carbocycles. The minimum Gasteiger partial charge on any atom is -0.480 e. The van der Waals surface area contributed by atoms with E-state index in [1.54, 1.807) is 26.8 Å². The van der Waals surface area contributed by atoms with Gasteiger partial charge in [-0.25, -0.2) is 9.59 Å². The van der Waals surface area contributed by atoms with E-state index in [4.69, 9.17) is 9.47 Å². The number of nitrogens with one attached hydrogen (secondary N) is 2. The Morgan fingerprint density at radius 1 is 1.50 bits per heavy atom. The molecular weight excluding hydrogens is 318 g/mol. The third kappa shape index (κ3) is 4.58. The van der Waals surface area contributed by atoms with Crippen LogP contribution in [-0.4, -0.2) is 45.8 Å². The molecule has 1 aromatic rings. The van der Waals surface area contributed by atoms with Gasteiger partial charge in [0.15, 0.2) is 11.9 Å². The first-order chi connectivity index (χ1) is 11.2. The number of carbonyl (C=O) groups excluding carboxylic acids is 2. The minimum absolute atomic E-state index is 0.255. The standard InChI is InChI=1S/C15H19N3O6/c1-15(2,3)24-14(22)18-9(13(20)21)6-10-12(19)17-8-4-5-16-7-11(8)23-10/h4-5,7,9-10H,6H2,1-3H3,(H,17,19)(H,18,22)(H,20,21)/t9?,10-/m0/s1. The third-order valence-corrected chi connectivity index (χ3v) is 3.04. The van der Waals surface area contributed by atoms with E-state index in [1.165, 1.54) is 12.4 Å². The van der Waals surface area contributed by atoms with Gasteiger partial charge in [0.2, 0.25) is 0 Å². The van der Waals surface area contributed by atoms with Crippen LogP contribution >= 0.6 is 0 Å². The van der Waals surface area contributed by atoms with E-state index in [0.29, 0.717) is 11.4 Å². The first-order valence-electron chi connectivity index (χ1n) is 7.29. The second-order valence-electron chi connectivity index (χ2n) is 6.24. The summed E-state index contributed by atoms with van der Waals surface area (Å²) < 4.78 is 10.5. The van der Waals surface area contributed by atoms with Gasteiger partial charge >= 0.3 is 12.1 Å². The highest BCUT2D eigenvalue weighted by molar-refractivity contribution is 5.98. The fourth-order valence-corrected chi connectivity index (χ4v) is 2.04. The Morgan fingerprint density at radius 3 is 2.83 bits per heavy atom. The van der Waals surface area contributed by atoms with Gasteiger partial charge in [-0.2, -0.15) is 0 Å². The van der Waals surface area contributed by atoms with Gasteiger partial charge in [-0.3, -0.25) is 9.78 Å². The van der Waals surface area contributed by atoms with Crippen LogP contribution in [0.15, 0.2) is 18.5 Å². The lowest BCUT2D eigenvalue weighted by molar-refractivity contribution is -0.140. The number of alkyl carbamates (subject to hydrolysis) is 1. The maximum absolute atomic E-state index is 12.0. The maximum Gasteiger partial charge on any atom is 0.408 e. The second-order valence-corrected chi connectivity index (χ2v) is 6.24. The summed E-state index contributed by atoms with van der Waals surface area (Å²) in [6.07, 6.45) is 0.700. The number of nitrogens with zero attached hydrogens (tertiary/aromatic N) is 1. The quantitative estimate of drug-likeness (QED) is 0.752. The summed E-state index contributed by atoms with van der Waals surface area (Å²) in [6.45, 7) is 4.97. The lowest BCUT2D eigenvalue weighted by Gasteiger charge is -2.28. The molecular formula is C15H19N3O6. The molecule has 0 bridgehead atoms. The first kappa shape index (κ1) is 17.5. The molecule has 1 aliphatic heterocycles. The van der Waals surface area contributed by atoms with Crippen molar-refractivity contribution in [3.8, 4) is 5.75 Å². The highest BCUT2D eigenvalue weighted by Gasteiger charge is 2.34. The van der Waals surface area contributed by atoms with Crippen LogP contribution in [0, 0.1) is 0 Å². The van der Waals surface area contributed by atoms with Crippen LogP contribution in [-0.2, 0) is 14.3 Å². The normalized spacial score (nSPS) is 17.8. The summed E-state index contributed by atoms with van der Waals surface area (Å²) in [6, 6.07) is 0.227. The van der Waals surface area contributed by atoms with Gasteiger partial charge in [0, 0.05) is 12.6 Å². The van der Waals surface area contributed by atoms with Gasteiger partial charge in [0.1, 0.15) is 11.6 Å². The number of ether oxygens (including phenoxy) is 2. The number of carboxylic acids is 1. The van der Waals surface area contributed by atoms with E-state index in [9.17, 15) is 19.5 Å². The number of hydrogen-bond donors (Lipinski definition) is 3. The Labute approximate surface area is 138 Å². The molecule has 0 aromatic carbocycles. The fraction of sp³-hybridized carbons (Fsp3) is 0.467. The molecule has 1 aromatic heterocycles. The first-order valence-corrected chi connectivity index (χ1v) is 7.29. The molecule has 0 radical (unpaired) electrons. The molecule has 0 spiro atoms. The van der Waals surface area contributed by atoms with E-state index < -0.39 is 35.7 Å². The number of rotatable bonds is 4. The van der Waals surface area contributed by atoms with Crippen LogP contribution < -0.4 is 15.4 Å². The van der Waals surface area contributed by atoms with Crippen molar-refractivity contribution in [2.45, 2.75) is 44.9 Å². The molecule has 0 fully saturated rings. The number of fused-ring (bicyclic) bond motifs is 1. The average Bonchev–Trinajstić information content (AvgIpc) is 2.45. The van der Waals surface area contributed by atoms with E-state index >= 15 is 0 Å². The Balaban J connectivity index is 2.04. The summed E-state index contributed by atoms with van der Waals surface area (Å²) in [4.78, 5) is 39.0. The van der Waals surface area contributed by atoms with Gasteiger partial charge in [0.05, 0.1) is 11.9 Å². The molecule has 0 saturated carbocycles. The molecule has 2 amide bonds. The smallest absolute Gasteiger partial charge is 0.408 e. The van der Waals surface area contributed by atoms with Gasteiger partial charge in [-0.05, 0) is 26.8 Å². The van der Waals surface area contributed by atoms with Crippen LogP contribution in [0.1, 0.15) is 27.2 Å². The van der Waals surface area contributed by atoms with Crippen LogP contribution in [0.5, 0.6) is 5.75 Å². The Bertz CT molecular complexity index is 655. The van der Waals surface area contributed by atoms with E-state index in [-0.39, 0.29) is 6.42 Å². The Morgan fingerprint density at radius 2 is 2.21 bits per heavy atom. The van der Waals surface area contributed by atoms with Crippen molar-refractivity contribution >= 4 is 23.7 Å². The second kappa shape index (κ2) is 6.73. The van der Waals surface area contributed by atoms with Gasteiger partial charge in [-0.1, -0.05) is 0 Å². The molecule has 2 atom stereocenters. The lowest BCUT2D eigenvalue weighted by atomic mass is 10.1. The van der Waals surface area contributed by atoms with E-state index in [2.05, 4.69) is 15.6 Å². The SMILES string of the molecule is CC(C)(C)OC(=O)NC(C[C@@H]1Oc2cnccc2NC1=O)C(=O)O. The topological polar surface area (TPSA) is 127 Å². The Kier molecular flexibility index (Phi) is 4.91. The molecule has 3 N–H and O–H groups in total. The molecule has 130 valence electrons. The molecule has 1 aliphatic rings. The molecule has 24 heavy (non-hydrogen) atoms. The van der Waals surface area contributed by atoms with Crippen molar-refractivity contribution in [1.82, 2.24) is 10.3 Å². The zero-order chi connectivity index (χ0) is 17.9. The molecule has 9 heteroatoms. The zero-order valence-electron chi connectivity index (χ0n) is 13.5. The molecule has 2 rings (SSSR count). The van der Waals surface area contributed by atoms with Crippen molar-refractivity contribution in [3.63, 3.8) is 0 Å². The Hall–Kier alpha value is -2.84. The van der Waals surface area contributed by atoms with Crippen molar-refractivity contribution in [1.29, 1.82) is 0 Å². The maximum atomic E-state index is 12.0. The van der Waals surface area contributed by atoms with Crippen LogP contribution in [0.4, 0.5) is 10.5 Å². The molecule has 0 saturated heterocycles. The lowest BCUT2D eigenvalue weighted by Crippen LogP contribution is -2.48. The number of carbonyl (C=O) groups is 3. The van der Waals surface area contributed by atoms with Crippen LogP contribution in [0.3, 0.4) is 0 Å².